The molecule has 2 N–H and O–H groups in total. The monoisotopic (exact) mass is 415 g/mol. The Kier molecular flexibility index (Phi) is 5.25. The maximum atomic E-state index is 12.2. The molecule has 28 heavy (non-hydrogen) atoms. The Morgan fingerprint density at radius 3 is 2.64 bits per heavy atom. The van der Waals surface area contributed by atoms with E-state index in [-0.39, 0.29) is 5.91 Å². The lowest BCUT2D eigenvalue weighted by molar-refractivity contribution is 0.0117. The molecular weight excluding hydrogens is 398 g/mol. The number of carbonyl (C=O) groups excluding carboxylic acids is 1. The van der Waals surface area contributed by atoms with Gasteiger partial charge in [0.15, 0.2) is 0 Å². The van der Waals surface area contributed by atoms with Gasteiger partial charge in [-0.3, -0.25) is 10.1 Å². The first-order chi connectivity index (χ1) is 13.5. The van der Waals surface area contributed by atoms with Crippen molar-refractivity contribution in [2.45, 2.75) is 18.4 Å². The van der Waals surface area contributed by atoms with Crippen LogP contribution in [-0.4, -0.2) is 39.3 Å². The van der Waals surface area contributed by atoms with Gasteiger partial charge in [-0.2, -0.15) is 0 Å². The fourth-order valence-electron chi connectivity index (χ4n) is 3.32. The van der Waals surface area contributed by atoms with Crippen LogP contribution in [-0.2, 0) is 5.60 Å². The summed E-state index contributed by atoms with van der Waals surface area (Å²) < 4.78 is 0. The predicted octanol–water partition coefficient (Wildman–Crippen LogP) is 3.33. The fourth-order valence-corrected chi connectivity index (χ4v) is 4.07. The number of rotatable bonds is 4. The Morgan fingerprint density at radius 1 is 1.21 bits per heavy atom. The van der Waals surface area contributed by atoms with Crippen LogP contribution in [0.2, 0.25) is 5.02 Å². The molecule has 3 aromatic rings. The lowest BCUT2D eigenvalue weighted by Gasteiger charge is -2.39. The molecule has 3 heterocycles. The lowest BCUT2D eigenvalue weighted by atomic mass is 9.84. The molecule has 1 aliphatic heterocycles. The van der Waals surface area contributed by atoms with Crippen molar-refractivity contribution in [3.05, 3.63) is 64.3 Å². The molecule has 1 aromatic carbocycles. The highest BCUT2D eigenvalue weighted by Crippen LogP contribution is 2.37. The summed E-state index contributed by atoms with van der Waals surface area (Å²) in [4.78, 5) is 18.7. The van der Waals surface area contributed by atoms with E-state index < -0.39 is 5.60 Å². The minimum atomic E-state index is -0.934. The van der Waals surface area contributed by atoms with Gasteiger partial charge in [0.25, 0.3) is 5.91 Å². The minimum Gasteiger partial charge on any atom is -0.385 e. The molecule has 7 nitrogen and oxygen atoms in total. The maximum Gasteiger partial charge on any atom is 0.259 e. The van der Waals surface area contributed by atoms with Gasteiger partial charge in [0, 0.05) is 29.9 Å². The molecule has 1 amide bonds. The van der Waals surface area contributed by atoms with Crippen LogP contribution in [0.25, 0.3) is 0 Å². The molecular formula is C19H18ClN5O2S. The van der Waals surface area contributed by atoms with Crippen LogP contribution < -0.4 is 10.2 Å². The first kappa shape index (κ1) is 18.8. The molecule has 0 unspecified atom stereocenters. The van der Waals surface area contributed by atoms with E-state index in [0.717, 1.165) is 11.4 Å². The smallest absolute Gasteiger partial charge is 0.259 e. The first-order valence-electron chi connectivity index (χ1n) is 8.81. The van der Waals surface area contributed by atoms with E-state index in [4.69, 9.17) is 11.6 Å². The summed E-state index contributed by atoms with van der Waals surface area (Å²) in [5.41, 5.74) is 1.84. The van der Waals surface area contributed by atoms with Gasteiger partial charge in [-0.25, -0.2) is 4.98 Å². The number of hydrogen-bond acceptors (Lipinski definition) is 7. The number of pyridine rings is 1. The summed E-state index contributed by atoms with van der Waals surface area (Å²) in [6.45, 7) is 1.29. The van der Waals surface area contributed by atoms with Gasteiger partial charge < -0.3 is 10.0 Å². The van der Waals surface area contributed by atoms with E-state index in [1.807, 2.05) is 24.3 Å². The van der Waals surface area contributed by atoms with Crippen LogP contribution >= 0.6 is 22.9 Å². The number of aromatic nitrogens is 3. The second-order valence-corrected chi connectivity index (χ2v) is 7.84. The van der Waals surface area contributed by atoms with Crippen molar-refractivity contribution in [2.24, 2.45) is 0 Å². The summed E-state index contributed by atoms with van der Waals surface area (Å²) >= 11 is 7.52. The van der Waals surface area contributed by atoms with Gasteiger partial charge in [-0.05, 0) is 31.0 Å². The van der Waals surface area contributed by atoms with E-state index in [0.29, 0.717) is 41.6 Å². The molecule has 2 aromatic heterocycles. The van der Waals surface area contributed by atoms with E-state index in [1.54, 1.807) is 23.8 Å². The van der Waals surface area contributed by atoms with Crippen LogP contribution in [0.5, 0.6) is 0 Å². The fraction of sp³-hybridized carbons (Fsp3) is 0.263. The third-order valence-electron chi connectivity index (χ3n) is 4.88. The highest BCUT2D eigenvalue weighted by atomic mass is 35.5. The third-order valence-corrected chi connectivity index (χ3v) is 5.82. The van der Waals surface area contributed by atoms with Crippen LogP contribution in [0.1, 0.15) is 28.8 Å². The van der Waals surface area contributed by atoms with Crippen LogP contribution in [0, 0.1) is 0 Å². The molecule has 0 bridgehead atoms. The van der Waals surface area contributed by atoms with E-state index in [9.17, 15) is 9.90 Å². The SMILES string of the molecule is O=C(Nc1nncs1)c1ccc(N2CCC(O)(c3ccccc3Cl)CC2)nc1. The zero-order chi connectivity index (χ0) is 19.6. The van der Waals surface area contributed by atoms with E-state index in [1.165, 1.54) is 11.3 Å². The zero-order valence-corrected chi connectivity index (χ0v) is 16.5. The second kappa shape index (κ2) is 7.83. The number of anilines is 2. The number of halogens is 1. The van der Waals surface area contributed by atoms with Crippen molar-refractivity contribution >= 4 is 39.8 Å². The number of nitrogens with zero attached hydrogens (tertiary/aromatic N) is 4. The Morgan fingerprint density at radius 2 is 2.00 bits per heavy atom. The van der Waals surface area contributed by atoms with Crippen LogP contribution in [0.3, 0.4) is 0 Å². The Balaban J connectivity index is 1.41. The molecule has 0 saturated carbocycles. The quantitative estimate of drug-likeness (QED) is 0.679. The molecule has 144 valence electrons. The minimum absolute atomic E-state index is 0.275. The Hall–Kier alpha value is -2.55. The lowest BCUT2D eigenvalue weighted by Crippen LogP contribution is -2.43. The largest absolute Gasteiger partial charge is 0.385 e. The van der Waals surface area contributed by atoms with Crippen LogP contribution in [0.15, 0.2) is 48.1 Å². The number of amides is 1. The summed E-state index contributed by atoms with van der Waals surface area (Å²) in [6.07, 6.45) is 2.65. The molecule has 1 saturated heterocycles. The summed E-state index contributed by atoms with van der Waals surface area (Å²) in [6, 6.07) is 11.0. The third kappa shape index (κ3) is 3.84. The predicted molar refractivity (Wildman–Crippen MR) is 109 cm³/mol. The Labute approximate surface area is 171 Å². The average molecular weight is 416 g/mol. The molecule has 0 aliphatic carbocycles. The molecule has 0 radical (unpaired) electrons. The van der Waals surface area contributed by atoms with E-state index in [2.05, 4.69) is 25.4 Å². The molecule has 0 atom stereocenters. The number of hydrogen-bond donors (Lipinski definition) is 2. The molecule has 1 aliphatic rings. The number of benzene rings is 1. The van der Waals surface area contributed by atoms with Gasteiger partial charge in [0.2, 0.25) is 5.13 Å². The molecule has 9 heteroatoms. The van der Waals surface area contributed by atoms with Crippen molar-refractivity contribution in [1.82, 2.24) is 15.2 Å². The number of carbonyl (C=O) groups is 1. The summed E-state index contributed by atoms with van der Waals surface area (Å²) in [5, 5.41) is 22.2. The van der Waals surface area contributed by atoms with Gasteiger partial charge in [0.05, 0.1) is 11.2 Å². The Bertz CT molecular complexity index is 957. The average Bonchev–Trinajstić information content (AvgIpc) is 3.22. The molecule has 1 fully saturated rings. The standard InChI is InChI=1S/C19H18ClN5O2S/c20-15-4-2-1-3-14(15)19(27)7-9-25(10-8-19)16-6-5-13(11-21-16)17(26)23-18-24-22-12-28-18/h1-6,11-12,27H,7-10H2,(H,23,24,26). The molecule has 4 rings (SSSR count). The van der Waals surface area contributed by atoms with Crippen LogP contribution in [0.4, 0.5) is 10.9 Å². The molecule has 0 spiro atoms. The normalized spacial score (nSPS) is 16.0. The van der Waals surface area contributed by atoms with E-state index >= 15 is 0 Å². The number of aliphatic hydroxyl groups is 1. The number of nitrogens with one attached hydrogen (secondary N) is 1. The van der Waals surface area contributed by atoms with Crippen molar-refractivity contribution < 1.29 is 9.90 Å². The van der Waals surface area contributed by atoms with Crippen molar-refractivity contribution in [3.8, 4) is 0 Å². The highest BCUT2D eigenvalue weighted by Gasteiger charge is 2.35. The summed E-state index contributed by atoms with van der Waals surface area (Å²) in [5.74, 6) is 0.496. The van der Waals surface area contributed by atoms with Gasteiger partial charge in [-0.15, -0.1) is 10.2 Å². The van der Waals surface area contributed by atoms with Gasteiger partial charge in [0.1, 0.15) is 11.3 Å². The zero-order valence-electron chi connectivity index (χ0n) is 14.9. The number of piperidine rings is 1. The highest BCUT2D eigenvalue weighted by molar-refractivity contribution is 7.13. The topological polar surface area (TPSA) is 91.2 Å². The van der Waals surface area contributed by atoms with Crippen molar-refractivity contribution in [1.29, 1.82) is 0 Å². The van der Waals surface area contributed by atoms with Gasteiger partial charge in [-0.1, -0.05) is 41.1 Å². The maximum absolute atomic E-state index is 12.2. The van der Waals surface area contributed by atoms with Crippen molar-refractivity contribution in [3.63, 3.8) is 0 Å². The first-order valence-corrected chi connectivity index (χ1v) is 10.1. The van der Waals surface area contributed by atoms with Gasteiger partial charge >= 0.3 is 0 Å². The second-order valence-electron chi connectivity index (χ2n) is 6.60. The van der Waals surface area contributed by atoms with Crippen molar-refractivity contribution in [2.75, 3.05) is 23.3 Å². The summed E-state index contributed by atoms with van der Waals surface area (Å²) in [7, 11) is 0.